The standard InChI is InChI=1S/C9H10O2.2C2H6/c1-7(10)9(11)8-5-3-2-4-6-8;2*1-2/h2-3,5H,4,6H2,1H3;2*1-2H3. The van der Waals surface area contributed by atoms with Crippen molar-refractivity contribution < 1.29 is 9.59 Å². The van der Waals surface area contributed by atoms with Gasteiger partial charge in [0.1, 0.15) is 0 Å². The summed E-state index contributed by atoms with van der Waals surface area (Å²) in [5.41, 5.74) is 0.639. The monoisotopic (exact) mass is 210 g/mol. The molecule has 0 bridgehead atoms. The molecule has 2 heteroatoms. The number of hydrogen-bond donors (Lipinski definition) is 0. The molecule has 86 valence electrons. The molecule has 0 aromatic heterocycles. The van der Waals surface area contributed by atoms with Crippen molar-refractivity contribution in [2.24, 2.45) is 0 Å². The summed E-state index contributed by atoms with van der Waals surface area (Å²) in [7, 11) is 0. The van der Waals surface area contributed by atoms with Crippen LogP contribution in [0.25, 0.3) is 0 Å². The van der Waals surface area contributed by atoms with Crippen LogP contribution in [-0.4, -0.2) is 11.6 Å². The summed E-state index contributed by atoms with van der Waals surface area (Å²) in [6, 6.07) is 0. The molecule has 0 fully saturated rings. The minimum atomic E-state index is -0.369. The molecule has 0 saturated heterocycles. The van der Waals surface area contributed by atoms with Crippen LogP contribution in [0.15, 0.2) is 23.8 Å². The van der Waals surface area contributed by atoms with Gasteiger partial charge in [0.15, 0.2) is 5.78 Å². The first-order valence-electron chi connectivity index (χ1n) is 5.63. The number of ketones is 2. The largest absolute Gasteiger partial charge is 0.291 e. The maximum Gasteiger partial charge on any atom is 0.224 e. The summed E-state index contributed by atoms with van der Waals surface area (Å²) < 4.78 is 0. The van der Waals surface area contributed by atoms with Crippen molar-refractivity contribution in [2.75, 3.05) is 0 Å². The van der Waals surface area contributed by atoms with Crippen LogP contribution < -0.4 is 0 Å². The van der Waals surface area contributed by atoms with E-state index in [1.807, 2.05) is 39.8 Å². The first kappa shape index (κ1) is 16.3. The quantitative estimate of drug-likeness (QED) is 0.654. The zero-order chi connectivity index (χ0) is 12.3. The second kappa shape index (κ2) is 10.9. The highest BCUT2D eigenvalue weighted by Crippen LogP contribution is 2.12. The minimum Gasteiger partial charge on any atom is -0.291 e. The van der Waals surface area contributed by atoms with Crippen LogP contribution in [0.2, 0.25) is 0 Å². The van der Waals surface area contributed by atoms with E-state index in [1.54, 1.807) is 6.08 Å². The van der Waals surface area contributed by atoms with Gasteiger partial charge in [-0.1, -0.05) is 45.9 Å². The molecule has 1 aliphatic rings. The van der Waals surface area contributed by atoms with Crippen LogP contribution in [0.1, 0.15) is 47.5 Å². The highest BCUT2D eigenvalue weighted by atomic mass is 16.2. The predicted octanol–water partition coefficient (Wildman–Crippen LogP) is 3.47. The highest BCUT2D eigenvalue weighted by molar-refractivity contribution is 6.42. The van der Waals surface area contributed by atoms with E-state index in [4.69, 9.17) is 0 Å². The first-order chi connectivity index (χ1) is 7.22. The van der Waals surface area contributed by atoms with Gasteiger partial charge in [0.05, 0.1) is 0 Å². The number of allylic oxidation sites excluding steroid dienone is 4. The first-order valence-corrected chi connectivity index (χ1v) is 5.63. The Morgan fingerprint density at radius 3 is 2.00 bits per heavy atom. The summed E-state index contributed by atoms with van der Waals surface area (Å²) in [4.78, 5) is 21.7. The van der Waals surface area contributed by atoms with Crippen LogP contribution in [0.3, 0.4) is 0 Å². The Morgan fingerprint density at radius 1 is 1.13 bits per heavy atom. The van der Waals surface area contributed by atoms with Gasteiger partial charge in [-0.3, -0.25) is 9.59 Å². The van der Waals surface area contributed by atoms with Gasteiger partial charge >= 0.3 is 0 Å². The Kier molecular flexibility index (Phi) is 11.8. The SMILES string of the molecule is CC.CC.CC(=O)C(=O)C1=CC=CCC1. The van der Waals surface area contributed by atoms with E-state index in [-0.39, 0.29) is 11.6 Å². The van der Waals surface area contributed by atoms with E-state index >= 15 is 0 Å². The van der Waals surface area contributed by atoms with Crippen LogP contribution in [0.4, 0.5) is 0 Å². The van der Waals surface area contributed by atoms with Gasteiger partial charge in [-0.2, -0.15) is 0 Å². The zero-order valence-corrected chi connectivity index (χ0v) is 10.5. The molecule has 0 aromatic carbocycles. The lowest BCUT2D eigenvalue weighted by Crippen LogP contribution is -2.12. The van der Waals surface area contributed by atoms with Gasteiger partial charge in [-0.25, -0.2) is 0 Å². The van der Waals surface area contributed by atoms with Crippen molar-refractivity contribution >= 4 is 11.6 Å². The van der Waals surface area contributed by atoms with Crippen molar-refractivity contribution in [3.63, 3.8) is 0 Å². The summed E-state index contributed by atoms with van der Waals surface area (Å²) >= 11 is 0. The molecule has 1 rings (SSSR count). The fourth-order valence-corrected chi connectivity index (χ4v) is 1.02. The Bertz CT molecular complexity index is 247. The molecule has 0 amide bonds. The van der Waals surface area contributed by atoms with Gasteiger partial charge in [0.25, 0.3) is 0 Å². The van der Waals surface area contributed by atoms with E-state index in [0.29, 0.717) is 12.0 Å². The van der Waals surface area contributed by atoms with Crippen molar-refractivity contribution in [3.8, 4) is 0 Å². The molecule has 0 saturated carbocycles. The fraction of sp³-hybridized carbons (Fsp3) is 0.538. The lowest BCUT2D eigenvalue weighted by Gasteiger charge is -2.03. The third-order valence-corrected chi connectivity index (χ3v) is 1.63. The van der Waals surface area contributed by atoms with Gasteiger partial charge in [-0.05, 0) is 12.8 Å². The maximum atomic E-state index is 11.0. The molecule has 0 heterocycles. The molecule has 2 nitrogen and oxygen atoms in total. The van der Waals surface area contributed by atoms with Gasteiger partial charge in [0, 0.05) is 12.5 Å². The zero-order valence-electron chi connectivity index (χ0n) is 10.5. The second-order valence-electron chi connectivity index (χ2n) is 2.54. The van der Waals surface area contributed by atoms with Gasteiger partial charge in [0.2, 0.25) is 5.78 Å². The van der Waals surface area contributed by atoms with Crippen LogP contribution in [0, 0.1) is 0 Å². The molecule has 0 spiro atoms. The summed E-state index contributed by atoms with van der Waals surface area (Å²) in [5.74, 6) is -0.707. The fourth-order valence-electron chi connectivity index (χ4n) is 1.02. The van der Waals surface area contributed by atoms with Gasteiger partial charge < -0.3 is 0 Å². The molecule has 0 aliphatic heterocycles. The topological polar surface area (TPSA) is 34.1 Å². The number of hydrogen-bond acceptors (Lipinski definition) is 2. The molecule has 0 unspecified atom stereocenters. The Labute approximate surface area is 93.1 Å². The van der Waals surface area contributed by atoms with E-state index in [1.165, 1.54) is 6.92 Å². The Hall–Kier alpha value is -1.18. The van der Waals surface area contributed by atoms with E-state index in [0.717, 1.165) is 6.42 Å². The van der Waals surface area contributed by atoms with Crippen LogP contribution in [0.5, 0.6) is 0 Å². The van der Waals surface area contributed by atoms with Gasteiger partial charge in [-0.15, -0.1) is 0 Å². The minimum absolute atomic E-state index is 0.339. The van der Waals surface area contributed by atoms with E-state index in [2.05, 4.69) is 0 Å². The van der Waals surface area contributed by atoms with Crippen LogP contribution in [-0.2, 0) is 9.59 Å². The number of rotatable bonds is 2. The number of Topliss-reactive ketones (excluding diaryl/α,β-unsaturated/α-hetero) is 2. The molecule has 0 atom stereocenters. The van der Waals surface area contributed by atoms with Crippen molar-refractivity contribution in [3.05, 3.63) is 23.8 Å². The molecule has 15 heavy (non-hydrogen) atoms. The molecule has 0 N–H and O–H groups in total. The Balaban J connectivity index is 0. The third kappa shape index (κ3) is 6.83. The normalized spacial score (nSPS) is 12.5. The number of carbonyl (C=O) groups excluding carboxylic acids is 2. The average molecular weight is 210 g/mol. The maximum absolute atomic E-state index is 11.0. The van der Waals surface area contributed by atoms with E-state index < -0.39 is 0 Å². The summed E-state index contributed by atoms with van der Waals surface area (Å²) in [5, 5.41) is 0. The summed E-state index contributed by atoms with van der Waals surface area (Å²) in [6.45, 7) is 9.31. The van der Waals surface area contributed by atoms with Crippen molar-refractivity contribution in [2.45, 2.75) is 47.5 Å². The highest BCUT2D eigenvalue weighted by Gasteiger charge is 2.13. The molecule has 1 aliphatic carbocycles. The number of carbonyl (C=O) groups is 2. The lowest BCUT2D eigenvalue weighted by molar-refractivity contribution is -0.133. The molecule has 0 aromatic rings. The molecule has 0 radical (unpaired) electrons. The average Bonchev–Trinajstić information content (AvgIpc) is 2.34. The van der Waals surface area contributed by atoms with Crippen molar-refractivity contribution in [1.29, 1.82) is 0 Å². The Morgan fingerprint density at radius 2 is 1.67 bits per heavy atom. The van der Waals surface area contributed by atoms with Crippen molar-refractivity contribution in [1.82, 2.24) is 0 Å². The third-order valence-electron chi connectivity index (χ3n) is 1.63. The molecular formula is C13H22O2. The predicted molar refractivity (Wildman–Crippen MR) is 64.8 cm³/mol. The summed E-state index contributed by atoms with van der Waals surface area (Å²) in [6.07, 6.45) is 7.09. The second-order valence-corrected chi connectivity index (χ2v) is 2.54. The van der Waals surface area contributed by atoms with Crippen LogP contribution >= 0.6 is 0 Å². The lowest BCUT2D eigenvalue weighted by atomic mass is 9.99. The molecular weight excluding hydrogens is 188 g/mol. The van der Waals surface area contributed by atoms with E-state index in [9.17, 15) is 9.59 Å². The smallest absolute Gasteiger partial charge is 0.224 e.